The lowest BCUT2D eigenvalue weighted by Gasteiger charge is -2.49. The number of para-hydroxylation sites is 1. The van der Waals surface area contributed by atoms with Crippen LogP contribution in [-0.2, 0) is 10.8 Å². The topological polar surface area (TPSA) is 17.3 Å². The van der Waals surface area contributed by atoms with E-state index in [1.54, 1.807) is 0 Å². The first-order valence-corrected chi connectivity index (χ1v) is 18.5. The quantitative estimate of drug-likeness (QED) is 0.172. The van der Waals surface area contributed by atoms with E-state index < -0.39 is 0 Å². The van der Waals surface area contributed by atoms with Crippen LogP contribution < -0.4 is 4.90 Å². The summed E-state index contributed by atoms with van der Waals surface area (Å²) in [5.41, 5.74) is 16.7. The summed E-state index contributed by atoms with van der Waals surface area (Å²) in [4.78, 5) is 2.39. The molecular weight excluding hydrogens is 629 g/mol. The van der Waals surface area contributed by atoms with Crippen LogP contribution in [0.5, 0.6) is 0 Å². The summed E-state index contributed by atoms with van der Waals surface area (Å²) >= 11 is 0. The highest BCUT2D eigenvalue weighted by Crippen LogP contribution is 2.52. The monoisotopic (exact) mass is 671 g/mol. The van der Waals surface area contributed by atoms with Crippen LogP contribution in [0.4, 0.5) is 11.4 Å². The Kier molecular flexibility index (Phi) is 7.66. The maximum absolute atomic E-state index is 4.84. The van der Waals surface area contributed by atoms with Gasteiger partial charge in [0.25, 0.3) is 0 Å². The molecule has 6 aromatic carbocycles. The molecule has 1 aliphatic carbocycles. The minimum absolute atomic E-state index is 0.0319. The Morgan fingerprint density at radius 3 is 2.02 bits per heavy atom. The van der Waals surface area contributed by atoms with Gasteiger partial charge in [0.1, 0.15) is 0 Å². The molecular formula is C50H43N2-. The van der Waals surface area contributed by atoms with Gasteiger partial charge in [-0.3, -0.25) is 0 Å². The van der Waals surface area contributed by atoms with Crippen molar-refractivity contribution in [2.75, 3.05) is 4.90 Å². The molecule has 2 atom stereocenters. The Hall–Kier alpha value is -5.86. The molecule has 9 rings (SSSR count). The van der Waals surface area contributed by atoms with Crippen molar-refractivity contribution >= 4 is 17.5 Å². The molecule has 2 aliphatic heterocycles. The minimum Gasteiger partial charge on any atom is -0.668 e. The molecule has 0 amide bonds. The second-order valence-corrected chi connectivity index (χ2v) is 15.4. The summed E-state index contributed by atoms with van der Waals surface area (Å²) in [6, 6.07) is 51.6. The Balaban J connectivity index is 1.03. The number of anilines is 2. The van der Waals surface area contributed by atoms with Crippen molar-refractivity contribution in [3.8, 4) is 22.3 Å². The van der Waals surface area contributed by atoms with Crippen molar-refractivity contribution < 1.29 is 0 Å². The molecule has 0 spiro atoms. The molecule has 2 unspecified atom stereocenters. The number of nitrogens with zero attached hydrogens (tertiary/aromatic N) is 2. The lowest BCUT2D eigenvalue weighted by atomic mass is 9.73. The second kappa shape index (κ2) is 12.4. The van der Waals surface area contributed by atoms with Crippen LogP contribution in [0.2, 0.25) is 0 Å². The number of allylic oxidation sites excluding steroid dienone is 3. The number of hydrogen-bond acceptors (Lipinski definition) is 1. The Morgan fingerprint density at radius 1 is 0.558 bits per heavy atom. The molecule has 52 heavy (non-hydrogen) atoms. The molecule has 2 heteroatoms. The summed E-state index contributed by atoms with van der Waals surface area (Å²) in [5.74, 6) is 0.139. The van der Waals surface area contributed by atoms with Gasteiger partial charge in [-0.15, -0.1) is 0 Å². The molecule has 0 saturated heterocycles. The molecule has 0 aromatic heterocycles. The highest BCUT2D eigenvalue weighted by Gasteiger charge is 2.37. The van der Waals surface area contributed by atoms with E-state index in [-0.39, 0.29) is 22.9 Å². The Bertz CT molecular complexity index is 2390. The van der Waals surface area contributed by atoms with Gasteiger partial charge in [0.15, 0.2) is 0 Å². The van der Waals surface area contributed by atoms with Crippen LogP contribution >= 0.6 is 0 Å². The van der Waals surface area contributed by atoms with Crippen LogP contribution in [0.1, 0.15) is 72.6 Å². The molecule has 3 aliphatic rings. The summed E-state index contributed by atoms with van der Waals surface area (Å²) in [6.45, 7) is 9.40. The predicted octanol–water partition coefficient (Wildman–Crippen LogP) is 13.1. The minimum atomic E-state index is -0.155. The smallest absolute Gasteiger partial charge is 0.0443 e. The van der Waals surface area contributed by atoms with Gasteiger partial charge in [0.05, 0.1) is 0 Å². The third kappa shape index (κ3) is 5.25. The highest BCUT2D eigenvalue weighted by molar-refractivity contribution is 5.83. The van der Waals surface area contributed by atoms with E-state index >= 15 is 0 Å². The van der Waals surface area contributed by atoms with Crippen molar-refractivity contribution in [2.45, 2.75) is 50.6 Å². The summed E-state index contributed by atoms with van der Waals surface area (Å²) in [6.07, 6.45) is 12.8. The Morgan fingerprint density at radius 2 is 1.23 bits per heavy atom. The zero-order valence-corrected chi connectivity index (χ0v) is 30.3. The van der Waals surface area contributed by atoms with Gasteiger partial charge in [-0.25, -0.2) is 0 Å². The molecule has 254 valence electrons. The average molecular weight is 672 g/mol. The van der Waals surface area contributed by atoms with Crippen LogP contribution in [0.3, 0.4) is 0 Å². The van der Waals surface area contributed by atoms with E-state index in [1.165, 1.54) is 72.6 Å². The molecule has 0 bridgehead atoms. The molecule has 0 fully saturated rings. The number of rotatable bonds is 6. The van der Waals surface area contributed by atoms with E-state index in [0.29, 0.717) is 0 Å². The van der Waals surface area contributed by atoms with Crippen LogP contribution in [-0.4, -0.2) is 6.17 Å². The molecule has 0 N–H and O–H groups in total. The van der Waals surface area contributed by atoms with E-state index in [4.69, 9.17) is 5.32 Å². The van der Waals surface area contributed by atoms with Crippen molar-refractivity contribution in [3.63, 3.8) is 0 Å². The fourth-order valence-corrected chi connectivity index (χ4v) is 8.74. The first-order chi connectivity index (χ1) is 25.3. The fraction of sp³-hybridized carbons (Fsp3) is 0.160. The molecule has 6 aromatic rings. The van der Waals surface area contributed by atoms with Gasteiger partial charge in [-0.05, 0) is 85.6 Å². The van der Waals surface area contributed by atoms with Crippen molar-refractivity contribution in [1.29, 1.82) is 0 Å². The highest BCUT2D eigenvalue weighted by atomic mass is 15.3. The second-order valence-electron chi connectivity index (χ2n) is 15.4. The largest absolute Gasteiger partial charge is 0.668 e. The Labute approximate surface area is 308 Å². The fourth-order valence-electron chi connectivity index (χ4n) is 8.74. The van der Waals surface area contributed by atoms with Crippen LogP contribution in [0.25, 0.3) is 33.6 Å². The van der Waals surface area contributed by atoms with Gasteiger partial charge in [-0.1, -0.05) is 179 Å². The van der Waals surface area contributed by atoms with E-state index in [1.807, 2.05) is 12.3 Å². The van der Waals surface area contributed by atoms with Gasteiger partial charge in [0, 0.05) is 28.1 Å². The van der Waals surface area contributed by atoms with Crippen molar-refractivity contribution in [2.24, 2.45) is 0 Å². The van der Waals surface area contributed by atoms with Gasteiger partial charge in [0.2, 0.25) is 0 Å². The van der Waals surface area contributed by atoms with Gasteiger partial charge in [-0.2, -0.15) is 6.20 Å². The number of benzene rings is 6. The van der Waals surface area contributed by atoms with Crippen LogP contribution in [0, 0.1) is 0 Å². The molecule has 2 heterocycles. The predicted molar refractivity (Wildman–Crippen MR) is 219 cm³/mol. The van der Waals surface area contributed by atoms with E-state index in [2.05, 4.69) is 196 Å². The molecule has 2 nitrogen and oxygen atoms in total. The number of fused-ring (bicyclic) bond motifs is 5. The first kappa shape index (κ1) is 32.1. The average Bonchev–Trinajstić information content (AvgIpc) is 3.41. The third-order valence-corrected chi connectivity index (χ3v) is 11.6. The lowest BCUT2D eigenvalue weighted by Crippen LogP contribution is -2.38. The van der Waals surface area contributed by atoms with Crippen molar-refractivity contribution in [3.05, 3.63) is 214 Å². The number of hydrogen-bond donors (Lipinski definition) is 0. The maximum Gasteiger partial charge on any atom is 0.0443 e. The zero-order chi connectivity index (χ0) is 35.5. The van der Waals surface area contributed by atoms with Crippen LogP contribution in [0.15, 0.2) is 170 Å². The van der Waals surface area contributed by atoms with E-state index in [0.717, 1.165) is 0 Å². The molecule has 0 radical (unpaired) electrons. The lowest BCUT2D eigenvalue weighted by molar-refractivity contribution is 0.621. The zero-order valence-electron chi connectivity index (χ0n) is 30.3. The van der Waals surface area contributed by atoms with Gasteiger partial charge < -0.3 is 10.2 Å². The first-order valence-electron chi connectivity index (χ1n) is 18.5. The standard InChI is InChI=1S/C50H43N2/c1-49(2)42-17-9-8-16-40(42)41-29-26-38(33-44(41)49)39(36-14-6-5-7-15-36)28-23-34-21-24-35(25-22-34)37-27-30-47-45(32-37)50(3,4)43-18-10-11-19-46(43)52(47)48-20-12-13-31-51-48/h5-33,39,48H,1-4H3/q-1/b28-23+. The normalized spacial score (nSPS) is 17.9. The maximum atomic E-state index is 4.84. The third-order valence-electron chi connectivity index (χ3n) is 11.6. The van der Waals surface area contributed by atoms with E-state index in [9.17, 15) is 0 Å². The van der Waals surface area contributed by atoms with Gasteiger partial charge >= 0.3 is 0 Å². The summed E-state index contributed by atoms with van der Waals surface area (Å²) in [7, 11) is 0. The van der Waals surface area contributed by atoms with Crippen molar-refractivity contribution in [1.82, 2.24) is 0 Å². The summed E-state index contributed by atoms with van der Waals surface area (Å²) in [5, 5.41) is 4.84. The SMILES string of the molecule is CC1(C)c2ccccc2-c2ccc(C(/C=C/c3ccc(-c4ccc5c(c4)C(C)(C)c4ccccc4N5C4C=CC=C[N-]4)cc3)c3ccccc3)cc21. The summed E-state index contributed by atoms with van der Waals surface area (Å²) < 4.78 is 0. The molecule has 0 saturated carbocycles.